The molecular formula is C15H24ClNO2. The molecule has 0 aliphatic rings. The van der Waals surface area contributed by atoms with Crippen molar-refractivity contribution in [2.45, 2.75) is 39.3 Å². The Labute approximate surface area is 120 Å². The van der Waals surface area contributed by atoms with Gasteiger partial charge in [-0.1, -0.05) is 44.5 Å². The summed E-state index contributed by atoms with van der Waals surface area (Å²) in [6, 6.07) is 7.70. The molecule has 2 N–H and O–H groups in total. The monoisotopic (exact) mass is 285 g/mol. The largest absolute Gasteiger partial charge is 0.489 e. The van der Waals surface area contributed by atoms with Crippen LogP contribution >= 0.6 is 11.6 Å². The molecular weight excluding hydrogens is 262 g/mol. The quantitative estimate of drug-likeness (QED) is 0.771. The molecule has 0 aliphatic heterocycles. The molecule has 0 saturated heterocycles. The smallest absolute Gasteiger partial charge is 0.138 e. The molecule has 1 aromatic rings. The summed E-state index contributed by atoms with van der Waals surface area (Å²) in [5, 5.41) is 13.8. The van der Waals surface area contributed by atoms with Gasteiger partial charge in [-0.2, -0.15) is 0 Å². The first kappa shape index (κ1) is 16.3. The number of halogens is 1. The number of hydrogen-bond acceptors (Lipinski definition) is 3. The molecule has 4 heteroatoms. The molecule has 2 unspecified atom stereocenters. The first-order chi connectivity index (χ1) is 9.04. The Bertz CT molecular complexity index is 371. The molecule has 0 aliphatic carbocycles. The summed E-state index contributed by atoms with van der Waals surface area (Å²) >= 11 is 5.98. The lowest BCUT2D eigenvalue weighted by atomic mass is 10.0. The van der Waals surface area contributed by atoms with Crippen LogP contribution in [0.3, 0.4) is 0 Å². The van der Waals surface area contributed by atoms with Crippen LogP contribution < -0.4 is 10.1 Å². The Morgan fingerprint density at radius 3 is 2.58 bits per heavy atom. The predicted molar refractivity (Wildman–Crippen MR) is 79.9 cm³/mol. The summed E-state index contributed by atoms with van der Waals surface area (Å²) in [5.74, 6) is 1.17. The van der Waals surface area contributed by atoms with Crippen molar-refractivity contribution in [2.75, 3.05) is 13.2 Å². The molecule has 0 heterocycles. The number of hydrogen-bond donors (Lipinski definition) is 2. The lowest BCUT2D eigenvalue weighted by molar-refractivity contribution is 0.101. The zero-order valence-electron chi connectivity index (χ0n) is 11.9. The van der Waals surface area contributed by atoms with Crippen LogP contribution in [0.2, 0.25) is 5.02 Å². The average molecular weight is 286 g/mol. The molecule has 108 valence electrons. The Balaban J connectivity index is 2.32. The fraction of sp³-hybridized carbons (Fsp3) is 0.600. The van der Waals surface area contributed by atoms with E-state index in [2.05, 4.69) is 26.1 Å². The van der Waals surface area contributed by atoms with Crippen molar-refractivity contribution in [2.24, 2.45) is 5.92 Å². The molecule has 3 nitrogen and oxygen atoms in total. The minimum Gasteiger partial charge on any atom is -0.489 e. The third kappa shape index (κ3) is 5.81. The summed E-state index contributed by atoms with van der Waals surface area (Å²) in [4.78, 5) is 0. The standard InChI is InChI=1S/C15H24ClNO2/c1-4-14(11(2)3)17-9-12(18)10-19-15-8-6-5-7-13(15)16/h5-8,11-12,14,17-18H,4,9-10H2,1-3H3. The molecule has 2 atom stereocenters. The minimum atomic E-state index is -0.538. The predicted octanol–water partition coefficient (Wildman–Crippen LogP) is 3.10. The maximum Gasteiger partial charge on any atom is 0.138 e. The van der Waals surface area contributed by atoms with Crippen LogP contribution in [0.5, 0.6) is 5.75 Å². The Morgan fingerprint density at radius 2 is 2.00 bits per heavy atom. The second-order valence-electron chi connectivity index (χ2n) is 5.06. The zero-order chi connectivity index (χ0) is 14.3. The van der Waals surface area contributed by atoms with Crippen molar-refractivity contribution < 1.29 is 9.84 Å². The van der Waals surface area contributed by atoms with Crippen molar-refractivity contribution in [1.29, 1.82) is 0 Å². The molecule has 0 spiro atoms. The van der Waals surface area contributed by atoms with Gasteiger partial charge in [0.05, 0.1) is 5.02 Å². The summed E-state index contributed by atoms with van der Waals surface area (Å²) in [7, 11) is 0. The fourth-order valence-corrected chi connectivity index (χ4v) is 2.14. The number of para-hydroxylation sites is 1. The van der Waals surface area contributed by atoms with Gasteiger partial charge in [0, 0.05) is 12.6 Å². The van der Waals surface area contributed by atoms with E-state index in [1.807, 2.05) is 12.1 Å². The van der Waals surface area contributed by atoms with E-state index >= 15 is 0 Å². The highest BCUT2D eigenvalue weighted by Gasteiger charge is 2.13. The minimum absolute atomic E-state index is 0.241. The molecule has 1 rings (SSSR count). The summed E-state index contributed by atoms with van der Waals surface area (Å²) in [5.41, 5.74) is 0. The topological polar surface area (TPSA) is 41.5 Å². The molecule has 0 radical (unpaired) electrons. The highest BCUT2D eigenvalue weighted by atomic mass is 35.5. The van der Waals surface area contributed by atoms with Crippen LogP contribution in [0.15, 0.2) is 24.3 Å². The van der Waals surface area contributed by atoms with E-state index in [0.717, 1.165) is 6.42 Å². The van der Waals surface area contributed by atoms with Crippen LogP contribution in [-0.4, -0.2) is 30.4 Å². The van der Waals surface area contributed by atoms with Crippen molar-refractivity contribution in [3.05, 3.63) is 29.3 Å². The van der Waals surface area contributed by atoms with Crippen LogP contribution in [0.25, 0.3) is 0 Å². The van der Waals surface area contributed by atoms with E-state index < -0.39 is 6.10 Å². The number of benzene rings is 1. The van der Waals surface area contributed by atoms with Crippen molar-refractivity contribution in [1.82, 2.24) is 5.32 Å². The highest BCUT2D eigenvalue weighted by molar-refractivity contribution is 6.32. The van der Waals surface area contributed by atoms with E-state index in [1.54, 1.807) is 12.1 Å². The molecule has 1 aromatic carbocycles. The van der Waals surface area contributed by atoms with Gasteiger partial charge in [-0.25, -0.2) is 0 Å². The lowest BCUT2D eigenvalue weighted by Crippen LogP contribution is -2.40. The van der Waals surface area contributed by atoms with Gasteiger partial charge < -0.3 is 15.2 Å². The third-order valence-electron chi connectivity index (χ3n) is 3.13. The molecule has 0 bridgehead atoms. The second-order valence-corrected chi connectivity index (χ2v) is 5.47. The summed E-state index contributed by atoms with van der Waals surface area (Å²) in [6.07, 6.45) is 0.513. The van der Waals surface area contributed by atoms with Crippen molar-refractivity contribution in [3.8, 4) is 5.75 Å². The second kappa shape index (κ2) is 8.41. The fourth-order valence-electron chi connectivity index (χ4n) is 1.95. The van der Waals surface area contributed by atoms with Crippen LogP contribution in [-0.2, 0) is 0 Å². The van der Waals surface area contributed by atoms with E-state index in [4.69, 9.17) is 16.3 Å². The molecule has 19 heavy (non-hydrogen) atoms. The Hall–Kier alpha value is -0.770. The van der Waals surface area contributed by atoms with E-state index in [-0.39, 0.29) is 6.61 Å². The van der Waals surface area contributed by atoms with Crippen molar-refractivity contribution in [3.63, 3.8) is 0 Å². The van der Waals surface area contributed by atoms with Gasteiger partial charge in [0.25, 0.3) is 0 Å². The SMILES string of the molecule is CCC(NCC(O)COc1ccccc1Cl)C(C)C. The molecule has 0 amide bonds. The van der Waals surface area contributed by atoms with Gasteiger partial charge in [0.15, 0.2) is 0 Å². The van der Waals surface area contributed by atoms with Gasteiger partial charge in [-0.15, -0.1) is 0 Å². The van der Waals surface area contributed by atoms with Gasteiger partial charge in [0.1, 0.15) is 18.5 Å². The molecule has 0 aromatic heterocycles. The van der Waals surface area contributed by atoms with E-state index in [9.17, 15) is 5.11 Å². The Morgan fingerprint density at radius 1 is 1.32 bits per heavy atom. The lowest BCUT2D eigenvalue weighted by Gasteiger charge is -2.22. The van der Waals surface area contributed by atoms with E-state index in [0.29, 0.717) is 29.3 Å². The van der Waals surface area contributed by atoms with Gasteiger partial charge in [-0.3, -0.25) is 0 Å². The first-order valence-corrected chi connectivity index (χ1v) is 7.21. The number of aliphatic hydroxyl groups excluding tert-OH is 1. The first-order valence-electron chi connectivity index (χ1n) is 6.83. The van der Waals surface area contributed by atoms with Crippen molar-refractivity contribution >= 4 is 11.6 Å². The van der Waals surface area contributed by atoms with Crippen LogP contribution in [0, 0.1) is 5.92 Å². The van der Waals surface area contributed by atoms with Crippen LogP contribution in [0.4, 0.5) is 0 Å². The number of ether oxygens (including phenoxy) is 1. The summed E-state index contributed by atoms with van der Waals surface area (Å²) in [6.45, 7) is 7.26. The van der Waals surface area contributed by atoms with Gasteiger partial charge in [-0.05, 0) is 24.5 Å². The highest BCUT2D eigenvalue weighted by Crippen LogP contribution is 2.23. The zero-order valence-corrected chi connectivity index (χ0v) is 12.7. The third-order valence-corrected chi connectivity index (χ3v) is 3.44. The maximum absolute atomic E-state index is 9.90. The Kier molecular flexibility index (Phi) is 7.21. The van der Waals surface area contributed by atoms with E-state index in [1.165, 1.54) is 0 Å². The normalized spacial score (nSPS) is 14.4. The van der Waals surface area contributed by atoms with Crippen LogP contribution in [0.1, 0.15) is 27.2 Å². The molecule has 0 fully saturated rings. The maximum atomic E-state index is 9.90. The number of rotatable bonds is 8. The summed E-state index contributed by atoms with van der Waals surface area (Å²) < 4.78 is 5.50. The number of nitrogens with one attached hydrogen (secondary N) is 1. The molecule has 0 saturated carbocycles. The van der Waals surface area contributed by atoms with Gasteiger partial charge in [0.2, 0.25) is 0 Å². The average Bonchev–Trinajstić information content (AvgIpc) is 2.38. The number of aliphatic hydroxyl groups is 1. The van der Waals surface area contributed by atoms with Gasteiger partial charge >= 0.3 is 0 Å².